The van der Waals surface area contributed by atoms with E-state index in [2.05, 4.69) is 34.1 Å². The molecule has 1 saturated carbocycles. The van der Waals surface area contributed by atoms with Gasteiger partial charge in [0, 0.05) is 31.8 Å². The minimum Gasteiger partial charge on any atom is -0.337 e. The molecule has 0 radical (unpaired) electrons. The topological polar surface area (TPSA) is 40.6 Å². The molecule has 1 aliphatic carbocycles. The molecule has 4 heteroatoms. The molecule has 0 N–H and O–H groups in total. The van der Waals surface area contributed by atoms with Crippen LogP contribution in [-0.4, -0.2) is 46.8 Å². The molecule has 0 aromatic heterocycles. The first-order valence-electron chi connectivity index (χ1n) is 10.8. The number of carbonyl (C=O) groups excluding carboxylic acids is 2. The molecule has 2 saturated heterocycles. The second kappa shape index (κ2) is 8.04. The van der Waals surface area contributed by atoms with Gasteiger partial charge in [-0.15, -0.1) is 0 Å². The number of benzene rings is 1. The number of likely N-dealkylation sites (tertiary alicyclic amines) is 2. The second-order valence-corrected chi connectivity index (χ2v) is 8.61. The van der Waals surface area contributed by atoms with Crippen molar-refractivity contribution in [2.75, 3.05) is 13.1 Å². The van der Waals surface area contributed by atoms with Crippen molar-refractivity contribution < 1.29 is 9.59 Å². The fraction of sp³-hybridized carbons (Fsp3) is 0.652. The Morgan fingerprint density at radius 1 is 0.889 bits per heavy atom. The number of rotatable bonds is 2. The van der Waals surface area contributed by atoms with Crippen molar-refractivity contribution in [3.8, 4) is 0 Å². The normalized spacial score (nSPS) is 29.3. The summed E-state index contributed by atoms with van der Waals surface area (Å²) in [5.41, 5.74) is 1.26. The molecule has 1 aromatic carbocycles. The van der Waals surface area contributed by atoms with Crippen molar-refractivity contribution in [2.45, 2.75) is 76.3 Å². The fourth-order valence-corrected chi connectivity index (χ4v) is 5.65. The summed E-state index contributed by atoms with van der Waals surface area (Å²) in [6.45, 7) is 3.28. The quantitative estimate of drug-likeness (QED) is 0.793. The van der Waals surface area contributed by atoms with Crippen LogP contribution in [0.25, 0.3) is 0 Å². The average Bonchev–Trinajstić information content (AvgIpc) is 3.30. The lowest BCUT2D eigenvalue weighted by atomic mass is 9.87. The Balaban J connectivity index is 1.69. The van der Waals surface area contributed by atoms with Crippen molar-refractivity contribution in [1.82, 2.24) is 9.80 Å². The van der Waals surface area contributed by atoms with Gasteiger partial charge in [-0.25, -0.2) is 0 Å². The zero-order valence-electron chi connectivity index (χ0n) is 16.5. The van der Waals surface area contributed by atoms with E-state index in [1.54, 1.807) is 6.92 Å². The van der Waals surface area contributed by atoms with Gasteiger partial charge in [0.05, 0.1) is 12.1 Å². The monoisotopic (exact) mass is 368 g/mol. The van der Waals surface area contributed by atoms with Crippen LogP contribution in [0.1, 0.15) is 69.8 Å². The van der Waals surface area contributed by atoms with E-state index < -0.39 is 0 Å². The molecular weight excluding hydrogens is 336 g/mol. The van der Waals surface area contributed by atoms with Crippen LogP contribution in [0.4, 0.5) is 0 Å². The molecule has 4 nitrogen and oxygen atoms in total. The molecule has 3 aliphatic rings. The van der Waals surface area contributed by atoms with E-state index in [9.17, 15) is 9.59 Å². The Labute approximate surface area is 162 Å². The molecule has 146 valence electrons. The van der Waals surface area contributed by atoms with Gasteiger partial charge >= 0.3 is 0 Å². The summed E-state index contributed by atoms with van der Waals surface area (Å²) in [7, 11) is 0. The Hall–Kier alpha value is -1.84. The van der Waals surface area contributed by atoms with Crippen molar-refractivity contribution in [3.63, 3.8) is 0 Å². The van der Waals surface area contributed by atoms with Gasteiger partial charge in [-0.2, -0.15) is 0 Å². The molecular formula is C23H32N2O2. The summed E-state index contributed by atoms with van der Waals surface area (Å²) < 4.78 is 0. The highest BCUT2D eigenvalue weighted by molar-refractivity contribution is 5.80. The molecule has 0 spiro atoms. The SMILES string of the molecule is CC(=O)N1CCCCC[C@@H]2[C@@H]1[C@H](c1ccccc1)CN2C(=O)C1CCCC1. The summed E-state index contributed by atoms with van der Waals surface area (Å²) in [6, 6.07) is 10.8. The molecule has 0 bridgehead atoms. The third-order valence-corrected chi connectivity index (χ3v) is 6.98. The molecule has 2 heterocycles. The van der Waals surface area contributed by atoms with Gasteiger partial charge in [0.25, 0.3) is 0 Å². The largest absolute Gasteiger partial charge is 0.337 e. The number of nitrogens with zero attached hydrogens (tertiary/aromatic N) is 2. The molecule has 1 aromatic rings. The maximum Gasteiger partial charge on any atom is 0.226 e. The van der Waals surface area contributed by atoms with E-state index in [-0.39, 0.29) is 29.8 Å². The van der Waals surface area contributed by atoms with Gasteiger partial charge in [-0.1, -0.05) is 56.0 Å². The predicted octanol–water partition coefficient (Wildman–Crippen LogP) is 3.96. The third-order valence-electron chi connectivity index (χ3n) is 6.98. The van der Waals surface area contributed by atoms with Gasteiger partial charge in [-0.3, -0.25) is 9.59 Å². The highest BCUT2D eigenvalue weighted by atomic mass is 16.2. The smallest absolute Gasteiger partial charge is 0.226 e. The Bertz CT molecular complexity index is 668. The van der Waals surface area contributed by atoms with Crippen molar-refractivity contribution in [2.24, 2.45) is 5.92 Å². The number of hydrogen-bond acceptors (Lipinski definition) is 2. The van der Waals surface area contributed by atoms with Crippen LogP contribution < -0.4 is 0 Å². The van der Waals surface area contributed by atoms with Gasteiger partial charge in [0.1, 0.15) is 0 Å². The number of carbonyl (C=O) groups is 2. The maximum atomic E-state index is 13.4. The van der Waals surface area contributed by atoms with E-state index in [1.807, 2.05) is 6.07 Å². The summed E-state index contributed by atoms with van der Waals surface area (Å²) in [4.78, 5) is 30.2. The Morgan fingerprint density at radius 3 is 2.30 bits per heavy atom. The minimum atomic E-state index is 0.121. The summed E-state index contributed by atoms with van der Waals surface area (Å²) in [5, 5.41) is 0. The second-order valence-electron chi connectivity index (χ2n) is 8.61. The van der Waals surface area contributed by atoms with Crippen LogP contribution in [0.2, 0.25) is 0 Å². The predicted molar refractivity (Wildman–Crippen MR) is 106 cm³/mol. The van der Waals surface area contributed by atoms with Gasteiger partial charge < -0.3 is 9.80 Å². The number of amides is 2. The Kier molecular flexibility index (Phi) is 5.51. The van der Waals surface area contributed by atoms with Crippen LogP contribution in [-0.2, 0) is 9.59 Å². The lowest BCUT2D eigenvalue weighted by molar-refractivity contribution is -0.139. The first-order valence-corrected chi connectivity index (χ1v) is 10.8. The van der Waals surface area contributed by atoms with E-state index >= 15 is 0 Å². The van der Waals surface area contributed by atoms with Crippen LogP contribution in [0.3, 0.4) is 0 Å². The Morgan fingerprint density at radius 2 is 1.59 bits per heavy atom. The summed E-state index contributed by atoms with van der Waals surface area (Å²) in [5.74, 6) is 0.938. The number of fused-ring (bicyclic) bond motifs is 1. The highest BCUT2D eigenvalue weighted by Crippen LogP contribution is 2.41. The van der Waals surface area contributed by atoms with Crippen LogP contribution in [0, 0.1) is 5.92 Å². The molecule has 3 atom stereocenters. The molecule has 2 aliphatic heterocycles. The third kappa shape index (κ3) is 3.63. The molecule has 3 fully saturated rings. The first kappa shape index (κ1) is 18.5. The van der Waals surface area contributed by atoms with Crippen LogP contribution >= 0.6 is 0 Å². The molecule has 2 amide bonds. The van der Waals surface area contributed by atoms with Crippen molar-refractivity contribution in [3.05, 3.63) is 35.9 Å². The molecule has 0 unspecified atom stereocenters. The zero-order valence-corrected chi connectivity index (χ0v) is 16.5. The minimum absolute atomic E-state index is 0.121. The lowest BCUT2D eigenvalue weighted by Gasteiger charge is -2.39. The molecule has 4 rings (SSSR count). The van der Waals surface area contributed by atoms with Gasteiger partial charge in [-0.05, 0) is 31.2 Å². The summed E-state index contributed by atoms with van der Waals surface area (Å²) >= 11 is 0. The maximum absolute atomic E-state index is 13.4. The standard InChI is InChI=1S/C23H32N2O2/c1-17(26)24-15-9-3-6-14-21-22(24)20(18-10-4-2-5-11-18)16-25(21)23(27)19-12-7-8-13-19/h2,4-5,10-11,19-22H,3,6-9,12-16H2,1H3/t20-,21+,22-/m0/s1. The lowest BCUT2D eigenvalue weighted by Crippen LogP contribution is -2.51. The van der Waals surface area contributed by atoms with Crippen LogP contribution in [0.5, 0.6) is 0 Å². The van der Waals surface area contributed by atoms with Gasteiger partial charge in [0.2, 0.25) is 11.8 Å². The van der Waals surface area contributed by atoms with Crippen molar-refractivity contribution in [1.29, 1.82) is 0 Å². The summed E-state index contributed by atoms with van der Waals surface area (Å²) in [6.07, 6.45) is 8.84. The van der Waals surface area contributed by atoms with Crippen LogP contribution in [0.15, 0.2) is 30.3 Å². The first-order chi connectivity index (χ1) is 13.2. The van der Waals surface area contributed by atoms with E-state index in [1.165, 1.54) is 18.4 Å². The van der Waals surface area contributed by atoms with Gasteiger partial charge in [0.15, 0.2) is 0 Å². The van der Waals surface area contributed by atoms with E-state index in [0.29, 0.717) is 5.91 Å². The van der Waals surface area contributed by atoms with Crippen molar-refractivity contribution >= 4 is 11.8 Å². The fourth-order valence-electron chi connectivity index (χ4n) is 5.65. The van der Waals surface area contributed by atoms with E-state index in [4.69, 9.17) is 0 Å². The zero-order chi connectivity index (χ0) is 18.8. The highest BCUT2D eigenvalue weighted by Gasteiger charge is 2.49. The molecule has 27 heavy (non-hydrogen) atoms. The van der Waals surface area contributed by atoms with E-state index in [0.717, 1.165) is 51.6 Å². The average molecular weight is 369 g/mol. The number of hydrogen-bond donors (Lipinski definition) is 0.